The third kappa shape index (κ3) is 2.31. The molecule has 1 fully saturated rings. The maximum atomic E-state index is 14.1. The molecule has 0 amide bonds. The van der Waals surface area contributed by atoms with Crippen molar-refractivity contribution >= 4 is 9.84 Å². The summed E-state index contributed by atoms with van der Waals surface area (Å²) in [5, 5.41) is 0.753. The molecule has 21 heavy (non-hydrogen) atoms. The number of sulfone groups is 1. The summed E-state index contributed by atoms with van der Waals surface area (Å²) >= 11 is 0. The second-order valence-corrected chi connectivity index (χ2v) is 8.64. The van der Waals surface area contributed by atoms with Crippen LogP contribution in [-0.4, -0.2) is 14.3 Å². The fraction of sp³-hybridized carbons (Fsp3) is 0.500. The third-order valence-corrected chi connectivity index (χ3v) is 6.04. The van der Waals surface area contributed by atoms with Gasteiger partial charge in [-0.1, -0.05) is 38.5 Å². The molecule has 0 spiro atoms. The fourth-order valence-electron chi connectivity index (χ4n) is 2.50. The predicted octanol–water partition coefficient (Wildman–Crippen LogP) is 4.35. The van der Waals surface area contributed by atoms with Crippen molar-refractivity contribution in [2.75, 3.05) is 0 Å². The number of aryl methyl sites for hydroxylation is 1. The molecule has 1 unspecified atom stereocenters. The van der Waals surface area contributed by atoms with E-state index in [0.717, 1.165) is 11.0 Å². The minimum Gasteiger partial charge on any atom is -0.219 e. The molecular formula is C16H20F2O2S. The zero-order chi connectivity index (χ0) is 16.3. The maximum Gasteiger partial charge on any atom is 0.280 e. The lowest BCUT2D eigenvalue weighted by Gasteiger charge is -2.26. The average molecular weight is 314 g/mol. The van der Waals surface area contributed by atoms with Gasteiger partial charge in [0.15, 0.2) is 9.84 Å². The van der Waals surface area contributed by atoms with Crippen molar-refractivity contribution in [3.8, 4) is 0 Å². The van der Waals surface area contributed by atoms with E-state index in [1.807, 2.05) is 6.92 Å². The lowest BCUT2D eigenvalue weighted by atomic mass is 9.78. The number of halogens is 2. The topological polar surface area (TPSA) is 34.1 Å². The van der Waals surface area contributed by atoms with Crippen LogP contribution in [0.25, 0.3) is 0 Å². The molecule has 116 valence electrons. The standard InChI is InChI=1S/C16H20F2O2S/c1-11-6-8-12(9-7-11)21(19,20)10-13-15(5,14(2,3)4)16(13,17)18/h6-10H,1-5H3/b13-10+. The smallest absolute Gasteiger partial charge is 0.219 e. The van der Waals surface area contributed by atoms with Gasteiger partial charge < -0.3 is 0 Å². The van der Waals surface area contributed by atoms with Gasteiger partial charge in [0, 0.05) is 11.0 Å². The summed E-state index contributed by atoms with van der Waals surface area (Å²) in [5.74, 6) is -3.08. The number of alkyl halides is 2. The van der Waals surface area contributed by atoms with E-state index in [9.17, 15) is 17.2 Å². The van der Waals surface area contributed by atoms with E-state index < -0.39 is 26.6 Å². The van der Waals surface area contributed by atoms with Gasteiger partial charge >= 0.3 is 0 Å². The molecule has 1 aromatic carbocycles. The monoisotopic (exact) mass is 314 g/mol. The Hall–Kier alpha value is -1.23. The second-order valence-electron chi connectivity index (χ2n) is 6.84. The van der Waals surface area contributed by atoms with Crippen LogP contribution in [0.3, 0.4) is 0 Å². The van der Waals surface area contributed by atoms with Crippen LogP contribution in [0.5, 0.6) is 0 Å². The number of benzene rings is 1. The molecule has 0 radical (unpaired) electrons. The highest BCUT2D eigenvalue weighted by molar-refractivity contribution is 7.94. The molecule has 2 rings (SSSR count). The normalized spacial score (nSPS) is 26.9. The number of hydrogen-bond acceptors (Lipinski definition) is 2. The largest absolute Gasteiger partial charge is 0.280 e. The van der Waals surface area contributed by atoms with Crippen molar-refractivity contribution in [3.63, 3.8) is 0 Å². The molecule has 5 heteroatoms. The van der Waals surface area contributed by atoms with Crippen LogP contribution < -0.4 is 0 Å². The zero-order valence-corrected chi connectivity index (χ0v) is 13.7. The van der Waals surface area contributed by atoms with Crippen LogP contribution in [0.2, 0.25) is 0 Å². The number of hydrogen-bond donors (Lipinski definition) is 0. The Kier molecular flexibility index (Phi) is 3.37. The Morgan fingerprint density at radius 1 is 1.10 bits per heavy atom. The van der Waals surface area contributed by atoms with Crippen LogP contribution in [0, 0.1) is 17.8 Å². The van der Waals surface area contributed by atoms with Crippen molar-refractivity contribution in [2.45, 2.75) is 45.4 Å². The van der Waals surface area contributed by atoms with Crippen LogP contribution in [0.15, 0.2) is 40.1 Å². The van der Waals surface area contributed by atoms with Gasteiger partial charge in [-0.15, -0.1) is 0 Å². The Labute approximate surface area is 124 Å². The summed E-state index contributed by atoms with van der Waals surface area (Å²) in [4.78, 5) is 0.0413. The molecule has 0 heterocycles. The molecule has 1 aromatic rings. The van der Waals surface area contributed by atoms with Crippen LogP contribution >= 0.6 is 0 Å². The first-order chi connectivity index (χ1) is 9.34. The van der Waals surface area contributed by atoms with E-state index in [0.29, 0.717) is 0 Å². The molecule has 1 aliphatic rings. The van der Waals surface area contributed by atoms with Gasteiger partial charge in [0.05, 0.1) is 10.3 Å². The molecule has 1 saturated carbocycles. The molecule has 0 N–H and O–H groups in total. The van der Waals surface area contributed by atoms with E-state index in [2.05, 4.69) is 0 Å². The SMILES string of the molecule is Cc1ccc(S(=O)(=O)/C=C2/C(F)(F)C2(C)C(C)(C)C)cc1. The van der Waals surface area contributed by atoms with Crippen molar-refractivity contribution in [1.82, 2.24) is 0 Å². The van der Waals surface area contributed by atoms with E-state index in [1.165, 1.54) is 19.1 Å². The Bertz CT molecular complexity index is 695. The Balaban J connectivity index is 2.48. The number of allylic oxidation sites excluding steroid dienone is 1. The van der Waals surface area contributed by atoms with Crippen molar-refractivity contribution < 1.29 is 17.2 Å². The first-order valence-electron chi connectivity index (χ1n) is 6.76. The van der Waals surface area contributed by atoms with Gasteiger partial charge in [-0.05, 0) is 31.4 Å². The quantitative estimate of drug-likeness (QED) is 0.813. The lowest BCUT2D eigenvalue weighted by molar-refractivity contribution is 0.0254. The van der Waals surface area contributed by atoms with Gasteiger partial charge in [0.25, 0.3) is 5.92 Å². The minimum atomic E-state index is -3.86. The minimum absolute atomic E-state index is 0.0413. The highest BCUT2D eigenvalue weighted by Crippen LogP contribution is 2.73. The highest BCUT2D eigenvalue weighted by Gasteiger charge is 2.78. The van der Waals surface area contributed by atoms with Gasteiger partial charge in [-0.2, -0.15) is 0 Å². The summed E-state index contributed by atoms with van der Waals surface area (Å²) in [6.45, 7) is 8.34. The molecule has 2 nitrogen and oxygen atoms in total. The van der Waals surface area contributed by atoms with E-state index in [-0.39, 0.29) is 10.5 Å². The van der Waals surface area contributed by atoms with Crippen LogP contribution in [-0.2, 0) is 9.84 Å². The van der Waals surface area contributed by atoms with Gasteiger partial charge in [-0.3, -0.25) is 0 Å². The molecule has 1 aliphatic carbocycles. The van der Waals surface area contributed by atoms with Gasteiger partial charge in [0.2, 0.25) is 0 Å². The highest BCUT2D eigenvalue weighted by atomic mass is 32.2. The Morgan fingerprint density at radius 3 is 1.95 bits per heavy atom. The first-order valence-corrected chi connectivity index (χ1v) is 8.31. The van der Waals surface area contributed by atoms with Gasteiger partial charge in [0.1, 0.15) is 0 Å². The Morgan fingerprint density at radius 2 is 1.57 bits per heavy atom. The van der Waals surface area contributed by atoms with Crippen molar-refractivity contribution in [2.24, 2.45) is 10.8 Å². The molecule has 0 bridgehead atoms. The van der Waals surface area contributed by atoms with E-state index >= 15 is 0 Å². The molecule has 0 aliphatic heterocycles. The summed E-state index contributed by atoms with van der Waals surface area (Å²) in [5.41, 5.74) is -1.52. The van der Waals surface area contributed by atoms with Crippen LogP contribution in [0.4, 0.5) is 8.78 Å². The molecule has 1 atom stereocenters. The lowest BCUT2D eigenvalue weighted by Crippen LogP contribution is -2.24. The fourth-order valence-corrected chi connectivity index (χ4v) is 3.85. The molecule has 0 saturated heterocycles. The van der Waals surface area contributed by atoms with Crippen LogP contribution in [0.1, 0.15) is 33.3 Å². The predicted molar refractivity (Wildman–Crippen MR) is 79.0 cm³/mol. The average Bonchev–Trinajstić information content (AvgIpc) is 2.75. The maximum absolute atomic E-state index is 14.1. The molecule has 0 aromatic heterocycles. The third-order valence-electron chi connectivity index (χ3n) is 4.56. The summed E-state index contributed by atoms with van der Waals surface area (Å²) < 4.78 is 52.8. The van der Waals surface area contributed by atoms with Gasteiger partial charge in [-0.25, -0.2) is 17.2 Å². The second kappa shape index (κ2) is 4.38. The van der Waals surface area contributed by atoms with E-state index in [4.69, 9.17) is 0 Å². The van der Waals surface area contributed by atoms with Crippen molar-refractivity contribution in [1.29, 1.82) is 0 Å². The zero-order valence-electron chi connectivity index (χ0n) is 12.9. The summed E-state index contributed by atoms with van der Waals surface area (Å²) in [6.07, 6.45) is 0. The molecular weight excluding hydrogens is 294 g/mol. The van der Waals surface area contributed by atoms with E-state index in [1.54, 1.807) is 32.9 Å². The summed E-state index contributed by atoms with van der Waals surface area (Å²) in [6, 6.07) is 6.19. The summed E-state index contributed by atoms with van der Waals surface area (Å²) in [7, 11) is -3.86. The number of rotatable bonds is 2. The first kappa shape index (κ1) is 16.1. The van der Waals surface area contributed by atoms with Crippen molar-refractivity contribution in [3.05, 3.63) is 40.8 Å².